The van der Waals surface area contributed by atoms with E-state index in [1.807, 2.05) is 0 Å². The van der Waals surface area contributed by atoms with Gasteiger partial charge in [-0.05, 0) is 47.2 Å². The topological polar surface area (TPSA) is 101 Å². The number of hydrogen-bond acceptors (Lipinski definition) is 7. The lowest BCUT2D eigenvalue weighted by atomic mass is 10.1. The van der Waals surface area contributed by atoms with Gasteiger partial charge in [-0.1, -0.05) is 35.3 Å². The highest BCUT2D eigenvalue weighted by atomic mass is 35.5. The Labute approximate surface area is 190 Å². The number of hydrogen-bond donors (Lipinski definition) is 1. The van der Waals surface area contributed by atoms with Gasteiger partial charge in [0.15, 0.2) is 0 Å². The van der Waals surface area contributed by atoms with Crippen molar-refractivity contribution in [2.24, 2.45) is 0 Å². The van der Waals surface area contributed by atoms with Crippen molar-refractivity contribution in [1.82, 2.24) is 4.90 Å². The molecular formula is C19H14Cl2N2O5S2. The number of carbonyl (C=O) groups is 2. The van der Waals surface area contributed by atoms with Crippen LogP contribution >= 0.6 is 46.7 Å². The Morgan fingerprint density at radius 2 is 1.93 bits per heavy atom. The van der Waals surface area contributed by atoms with E-state index in [0.29, 0.717) is 31.8 Å². The zero-order chi connectivity index (χ0) is 21.8. The molecule has 3 rings (SSSR count). The minimum absolute atomic E-state index is 0.0375. The SMILES string of the molecule is O=C1SC(=Cc2ccc(SCCO)c([N+](=O)[O-])c2)C(=O)N1Cc1ccc(Cl)c(Cl)c1. The van der Waals surface area contributed by atoms with Crippen LogP contribution in [0.4, 0.5) is 10.5 Å². The van der Waals surface area contributed by atoms with Crippen molar-refractivity contribution in [3.8, 4) is 0 Å². The molecule has 1 N–H and O–H groups in total. The minimum Gasteiger partial charge on any atom is -0.396 e. The number of thioether (sulfide) groups is 2. The average Bonchev–Trinajstić information content (AvgIpc) is 2.97. The number of nitro groups is 1. The van der Waals surface area contributed by atoms with E-state index in [4.69, 9.17) is 28.3 Å². The summed E-state index contributed by atoms with van der Waals surface area (Å²) in [7, 11) is 0. The fourth-order valence-corrected chi connectivity index (χ4v) is 4.57. The zero-order valence-electron chi connectivity index (χ0n) is 15.2. The van der Waals surface area contributed by atoms with Crippen LogP contribution in [0.3, 0.4) is 0 Å². The molecule has 0 atom stereocenters. The number of benzene rings is 2. The van der Waals surface area contributed by atoms with E-state index >= 15 is 0 Å². The maximum atomic E-state index is 12.7. The van der Waals surface area contributed by atoms with Crippen molar-refractivity contribution in [2.45, 2.75) is 11.4 Å². The standard InChI is InChI=1S/C19H14Cl2N2O5S2/c20-13-3-1-12(7-14(13)21)10-22-18(25)17(30-19(22)26)9-11-2-4-16(29-6-5-24)15(8-11)23(27)28/h1-4,7-9,24H,5-6,10H2. The molecule has 1 saturated heterocycles. The third-order valence-electron chi connectivity index (χ3n) is 4.02. The number of imide groups is 1. The van der Waals surface area contributed by atoms with Crippen LogP contribution in [0.1, 0.15) is 11.1 Å². The van der Waals surface area contributed by atoms with Crippen molar-refractivity contribution in [3.05, 3.63) is 72.6 Å². The van der Waals surface area contributed by atoms with Crippen LogP contribution in [0.15, 0.2) is 46.2 Å². The number of aliphatic hydroxyl groups is 1. The molecule has 0 saturated carbocycles. The maximum absolute atomic E-state index is 12.7. The maximum Gasteiger partial charge on any atom is 0.293 e. The fraction of sp³-hybridized carbons (Fsp3) is 0.158. The number of carbonyl (C=O) groups excluding carboxylic acids is 2. The van der Waals surface area contributed by atoms with Crippen molar-refractivity contribution in [3.63, 3.8) is 0 Å². The highest BCUT2D eigenvalue weighted by molar-refractivity contribution is 8.18. The number of aliphatic hydroxyl groups excluding tert-OH is 1. The van der Waals surface area contributed by atoms with Gasteiger partial charge in [-0.25, -0.2) is 0 Å². The van der Waals surface area contributed by atoms with Crippen LogP contribution in [0.25, 0.3) is 6.08 Å². The van der Waals surface area contributed by atoms with Gasteiger partial charge in [0.25, 0.3) is 16.8 Å². The Bertz CT molecular complexity index is 1060. The predicted molar refractivity (Wildman–Crippen MR) is 119 cm³/mol. The lowest BCUT2D eigenvalue weighted by Gasteiger charge is -2.12. The number of halogens is 2. The second-order valence-corrected chi connectivity index (χ2v) is 9.02. The molecule has 30 heavy (non-hydrogen) atoms. The summed E-state index contributed by atoms with van der Waals surface area (Å²) in [6.45, 7) is -0.0642. The lowest BCUT2D eigenvalue weighted by molar-refractivity contribution is -0.387. The second-order valence-electron chi connectivity index (χ2n) is 6.07. The van der Waals surface area contributed by atoms with Crippen LogP contribution in [0, 0.1) is 10.1 Å². The Balaban J connectivity index is 1.83. The highest BCUT2D eigenvalue weighted by Gasteiger charge is 2.35. The molecule has 0 aliphatic carbocycles. The summed E-state index contributed by atoms with van der Waals surface area (Å²) >= 11 is 13.8. The molecule has 0 aromatic heterocycles. The molecule has 1 aliphatic heterocycles. The first-order chi connectivity index (χ1) is 14.3. The molecule has 0 unspecified atom stereocenters. The van der Waals surface area contributed by atoms with E-state index in [1.54, 1.807) is 30.3 Å². The van der Waals surface area contributed by atoms with Gasteiger partial charge >= 0.3 is 0 Å². The molecule has 11 heteroatoms. The molecule has 2 aromatic carbocycles. The van der Waals surface area contributed by atoms with Gasteiger partial charge in [0, 0.05) is 11.8 Å². The number of nitrogens with zero attached hydrogens (tertiary/aromatic N) is 2. The van der Waals surface area contributed by atoms with E-state index in [1.165, 1.54) is 12.1 Å². The first kappa shape index (κ1) is 22.6. The minimum atomic E-state index is -0.521. The van der Waals surface area contributed by atoms with Gasteiger partial charge in [-0.3, -0.25) is 24.6 Å². The summed E-state index contributed by atoms with van der Waals surface area (Å²) in [6.07, 6.45) is 1.45. The van der Waals surface area contributed by atoms with E-state index in [-0.39, 0.29) is 23.7 Å². The predicted octanol–water partition coefficient (Wildman–Crippen LogP) is 5.22. The van der Waals surface area contributed by atoms with Gasteiger partial charge < -0.3 is 5.11 Å². The van der Waals surface area contributed by atoms with E-state index in [0.717, 1.165) is 28.4 Å². The molecule has 1 fully saturated rings. The summed E-state index contributed by atoms with van der Waals surface area (Å²) < 4.78 is 0. The Morgan fingerprint density at radius 1 is 1.17 bits per heavy atom. The molecular weight excluding hydrogens is 471 g/mol. The smallest absolute Gasteiger partial charge is 0.293 e. The first-order valence-electron chi connectivity index (χ1n) is 8.51. The fourth-order valence-electron chi connectivity index (χ4n) is 2.65. The van der Waals surface area contributed by atoms with Crippen molar-refractivity contribution in [1.29, 1.82) is 0 Å². The van der Waals surface area contributed by atoms with Crippen LogP contribution in [-0.2, 0) is 11.3 Å². The van der Waals surface area contributed by atoms with Crippen molar-refractivity contribution >= 4 is 69.6 Å². The number of nitro benzene ring substituents is 1. The number of rotatable bonds is 7. The third-order valence-corrected chi connectivity index (χ3v) is 6.71. The summed E-state index contributed by atoms with van der Waals surface area (Å²) in [5, 5.41) is 20.5. The summed E-state index contributed by atoms with van der Waals surface area (Å²) in [4.78, 5) is 37.5. The number of amides is 2. The zero-order valence-corrected chi connectivity index (χ0v) is 18.4. The molecule has 1 aliphatic rings. The van der Waals surface area contributed by atoms with Crippen molar-refractivity contribution < 1.29 is 19.6 Å². The quantitative estimate of drug-likeness (QED) is 0.248. The molecule has 1 heterocycles. The molecule has 156 valence electrons. The van der Waals surface area contributed by atoms with Crippen molar-refractivity contribution in [2.75, 3.05) is 12.4 Å². The molecule has 7 nitrogen and oxygen atoms in total. The second kappa shape index (κ2) is 9.84. The van der Waals surface area contributed by atoms with Gasteiger partial charge in [0.1, 0.15) is 0 Å². The Morgan fingerprint density at radius 3 is 2.60 bits per heavy atom. The summed E-state index contributed by atoms with van der Waals surface area (Å²) in [5.41, 5.74) is 0.946. The van der Waals surface area contributed by atoms with Gasteiger partial charge in [0.05, 0.1) is 37.9 Å². The first-order valence-corrected chi connectivity index (χ1v) is 11.1. The van der Waals surface area contributed by atoms with Crippen LogP contribution in [-0.4, -0.2) is 38.4 Å². The van der Waals surface area contributed by atoms with E-state index in [9.17, 15) is 19.7 Å². The molecule has 2 aromatic rings. The summed E-state index contributed by atoms with van der Waals surface area (Å²) in [5.74, 6) is -0.161. The molecule has 2 amide bonds. The van der Waals surface area contributed by atoms with Crippen LogP contribution in [0.2, 0.25) is 10.0 Å². The van der Waals surface area contributed by atoms with Gasteiger partial charge in [-0.2, -0.15) is 0 Å². The lowest BCUT2D eigenvalue weighted by Crippen LogP contribution is -2.27. The third kappa shape index (κ3) is 5.16. The normalized spacial score (nSPS) is 15.3. The Kier molecular flexibility index (Phi) is 7.43. The van der Waals surface area contributed by atoms with E-state index < -0.39 is 16.1 Å². The molecule has 0 spiro atoms. The average molecular weight is 485 g/mol. The molecule has 0 radical (unpaired) electrons. The van der Waals surface area contributed by atoms with Crippen LogP contribution in [0.5, 0.6) is 0 Å². The van der Waals surface area contributed by atoms with Gasteiger partial charge in [0.2, 0.25) is 0 Å². The van der Waals surface area contributed by atoms with Gasteiger partial charge in [-0.15, -0.1) is 11.8 Å². The Hall–Kier alpha value is -2.04. The van der Waals surface area contributed by atoms with E-state index in [2.05, 4.69) is 0 Å². The monoisotopic (exact) mass is 484 g/mol. The molecule has 0 bridgehead atoms. The highest BCUT2D eigenvalue weighted by Crippen LogP contribution is 2.36. The largest absolute Gasteiger partial charge is 0.396 e. The van der Waals surface area contributed by atoms with Crippen LogP contribution < -0.4 is 0 Å². The summed E-state index contributed by atoms with van der Waals surface area (Å²) in [6, 6.07) is 9.37.